The molecule has 0 N–H and O–H groups in total. The van der Waals surface area contributed by atoms with Crippen molar-refractivity contribution in [3.63, 3.8) is 0 Å². The van der Waals surface area contributed by atoms with Crippen LogP contribution in [0, 0.1) is 11.8 Å². The monoisotopic (exact) mass is 280 g/mol. The standard InChI is InChI=1S/C14H13ClO4/c15-12-5-3-11(4-6-12)2-1-7-19-14(16)13-10-17-8-9-18-13/h3-6,13H,7-10H2/t13-/m0/s1. The van der Waals surface area contributed by atoms with Crippen LogP contribution < -0.4 is 0 Å². The molecule has 1 fully saturated rings. The lowest BCUT2D eigenvalue weighted by Gasteiger charge is -2.20. The van der Waals surface area contributed by atoms with Crippen molar-refractivity contribution in [2.45, 2.75) is 6.10 Å². The van der Waals surface area contributed by atoms with Gasteiger partial charge in [-0.05, 0) is 24.3 Å². The molecule has 0 aromatic heterocycles. The summed E-state index contributed by atoms with van der Waals surface area (Å²) in [6, 6.07) is 7.11. The summed E-state index contributed by atoms with van der Waals surface area (Å²) >= 11 is 5.76. The maximum Gasteiger partial charge on any atom is 0.338 e. The van der Waals surface area contributed by atoms with Crippen LogP contribution in [0.4, 0.5) is 0 Å². The Kier molecular flexibility index (Phi) is 5.22. The number of hydrogen-bond donors (Lipinski definition) is 0. The van der Waals surface area contributed by atoms with Crippen LogP contribution in [0.1, 0.15) is 5.56 Å². The summed E-state index contributed by atoms with van der Waals surface area (Å²) in [5, 5.41) is 0.659. The van der Waals surface area contributed by atoms with E-state index in [0.717, 1.165) is 5.56 Å². The van der Waals surface area contributed by atoms with Crippen molar-refractivity contribution < 1.29 is 19.0 Å². The van der Waals surface area contributed by atoms with Crippen molar-refractivity contribution in [2.24, 2.45) is 0 Å². The van der Waals surface area contributed by atoms with E-state index >= 15 is 0 Å². The summed E-state index contributed by atoms with van der Waals surface area (Å²) < 4.78 is 15.3. The van der Waals surface area contributed by atoms with Gasteiger partial charge in [0, 0.05) is 10.6 Å². The van der Waals surface area contributed by atoms with E-state index in [1.807, 2.05) is 0 Å². The van der Waals surface area contributed by atoms with E-state index in [4.69, 9.17) is 25.8 Å². The minimum absolute atomic E-state index is 0.0291. The van der Waals surface area contributed by atoms with Crippen molar-refractivity contribution in [1.29, 1.82) is 0 Å². The van der Waals surface area contributed by atoms with Crippen LogP contribution in [0.5, 0.6) is 0 Å². The van der Waals surface area contributed by atoms with Crippen LogP contribution in [0.15, 0.2) is 24.3 Å². The van der Waals surface area contributed by atoms with Crippen LogP contribution in [0.2, 0.25) is 5.02 Å². The Morgan fingerprint density at radius 1 is 1.37 bits per heavy atom. The summed E-state index contributed by atoms with van der Waals surface area (Å²) in [5.41, 5.74) is 0.817. The van der Waals surface area contributed by atoms with Crippen LogP contribution >= 0.6 is 11.6 Å². The number of esters is 1. The van der Waals surface area contributed by atoms with E-state index in [1.54, 1.807) is 24.3 Å². The van der Waals surface area contributed by atoms with E-state index in [1.165, 1.54) is 0 Å². The molecule has 1 aliphatic heterocycles. The highest BCUT2D eigenvalue weighted by Crippen LogP contribution is 2.08. The van der Waals surface area contributed by atoms with Gasteiger partial charge in [0.05, 0.1) is 19.8 Å². The Hall–Kier alpha value is -1.54. The average Bonchev–Trinajstić information content (AvgIpc) is 2.46. The van der Waals surface area contributed by atoms with Gasteiger partial charge >= 0.3 is 5.97 Å². The first kappa shape index (κ1) is 13.9. The summed E-state index contributed by atoms with van der Waals surface area (Å²) in [4.78, 5) is 11.5. The van der Waals surface area contributed by atoms with Gasteiger partial charge in [-0.3, -0.25) is 0 Å². The third kappa shape index (κ3) is 4.56. The van der Waals surface area contributed by atoms with E-state index in [2.05, 4.69) is 11.8 Å². The second-order valence-electron chi connectivity index (χ2n) is 3.85. The lowest BCUT2D eigenvalue weighted by Crippen LogP contribution is -2.36. The van der Waals surface area contributed by atoms with Crippen LogP contribution in [0.25, 0.3) is 0 Å². The zero-order valence-corrected chi connectivity index (χ0v) is 11.0. The number of rotatable bonds is 2. The molecule has 0 radical (unpaired) electrons. The molecular formula is C14H13ClO4. The smallest absolute Gasteiger partial charge is 0.338 e. The Balaban J connectivity index is 1.77. The first-order chi connectivity index (χ1) is 9.25. The largest absolute Gasteiger partial charge is 0.451 e. The predicted molar refractivity (Wildman–Crippen MR) is 69.8 cm³/mol. The molecular weight excluding hydrogens is 268 g/mol. The normalized spacial score (nSPS) is 18.3. The molecule has 0 saturated carbocycles. The predicted octanol–water partition coefficient (Wildman–Crippen LogP) is 1.65. The number of carbonyl (C=O) groups is 1. The number of benzene rings is 1. The van der Waals surface area contributed by atoms with Gasteiger partial charge in [-0.15, -0.1) is 0 Å². The molecule has 100 valence electrons. The van der Waals surface area contributed by atoms with Crippen molar-refractivity contribution in [2.75, 3.05) is 26.4 Å². The lowest BCUT2D eigenvalue weighted by atomic mass is 10.2. The Morgan fingerprint density at radius 2 is 2.16 bits per heavy atom. The molecule has 1 aromatic carbocycles. The highest BCUT2D eigenvalue weighted by molar-refractivity contribution is 6.30. The molecule has 4 nitrogen and oxygen atoms in total. The summed E-state index contributed by atoms with van der Waals surface area (Å²) in [7, 11) is 0. The zero-order valence-electron chi connectivity index (χ0n) is 10.2. The fraction of sp³-hybridized carbons (Fsp3) is 0.357. The lowest BCUT2D eigenvalue weighted by molar-refractivity contribution is -0.169. The molecule has 5 heteroatoms. The van der Waals surface area contributed by atoms with Gasteiger partial charge in [-0.2, -0.15) is 0 Å². The van der Waals surface area contributed by atoms with Gasteiger partial charge < -0.3 is 14.2 Å². The first-order valence-corrected chi connectivity index (χ1v) is 6.24. The molecule has 2 rings (SSSR count). The van der Waals surface area contributed by atoms with Gasteiger partial charge in [-0.1, -0.05) is 23.4 Å². The highest BCUT2D eigenvalue weighted by atomic mass is 35.5. The van der Waals surface area contributed by atoms with E-state index in [-0.39, 0.29) is 13.2 Å². The molecule has 1 heterocycles. The van der Waals surface area contributed by atoms with Crippen molar-refractivity contribution in [3.8, 4) is 11.8 Å². The van der Waals surface area contributed by atoms with Gasteiger partial charge in [-0.25, -0.2) is 4.79 Å². The molecule has 19 heavy (non-hydrogen) atoms. The van der Waals surface area contributed by atoms with Crippen LogP contribution in [-0.4, -0.2) is 38.5 Å². The van der Waals surface area contributed by atoms with Crippen molar-refractivity contribution >= 4 is 17.6 Å². The molecule has 0 aliphatic carbocycles. The molecule has 0 spiro atoms. The molecule has 0 bridgehead atoms. The maximum absolute atomic E-state index is 11.5. The second kappa shape index (κ2) is 7.15. The molecule has 1 saturated heterocycles. The topological polar surface area (TPSA) is 44.8 Å². The highest BCUT2D eigenvalue weighted by Gasteiger charge is 2.23. The van der Waals surface area contributed by atoms with E-state index in [0.29, 0.717) is 18.2 Å². The van der Waals surface area contributed by atoms with Gasteiger partial charge in [0.25, 0.3) is 0 Å². The fourth-order valence-electron chi connectivity index (χ4n) is 1.50. The summed E-state index contributed by atoms with van der Waals surface area (Å²) in [6.07, 6.45) is -0.633. The average molecular weight is 281 g/mol. The fourth-order valence-corrected chi connectivity index (χ4v) is 1.62. The minimum atomic E-state index is -0.633. The third-order valence-electron chi connectivity index (χ3n) is 2.44. The minimum Gasteiger partial charge on any atom is -0.451 e. The van der Waals surface area contributed by atoms with Crippen molar-refractivity contribution in [3.05, 3.63) is 34.9 Å². The molecule has 1 aromatic rings. The molecule has 0 amide bonds. The van der Waals surface area contributed by atoms with Gasteiger partial charge in [0.2, 0.25) is 0 Å². The SMILES string of the molecule is O=C(OCC#Cc1ccc(Cl)cc1)[C@@H]1COCCO1. The Labute approximate surface area is 116 Å². The number of carbonyl (C=O) groups excluding carboxylic acids is 1. The van der Waals surface area contributed by atoms with Crippen LogP contribution in [0.3, 0.4) is 0 Å². The zero-order chi connectivity index (χ0) is 13.5. The Morgan fingerprint density at radius 3 is 2.84 bits per heavy atom. The van der Waals surface area contributed by atoms with Gasteiger partial charge in [0.1, 0.15) is 0 Å². The third-order valence-corrected chi connectivity index (χ3v) is 2.69. The molecule has 1 aliphatic rings. The quantitative estimate of drug-likeness (QED) is 0.610. The Bertz CT molecular complexity index is 480. The number of ether oxygens (including phenoxy) is 3. The number of hydrogen-bond acceptors (Lipinski definition) is 4. The molecule has 0 unspecified atom stereocenters. The van der Waals surface area contributed by atoms with Crippen LogP contribution in [-0.2, 0) is 19.0 Å². The maximum atomic E-state index is 11.5. The van der Waals surface area contributed by atoms with E-state index < -0.39 is 12.1 Å². The summed E-state index contributed by atoms with van der Waals surface area (Å²) in [5.74, 6) is 5.19. The van der Waals surface area contributed by atoms with Crippen molar-refractivity contribution in [1.82, 2.24) is 0 Å². The first-order valence-electron chi connectivity index (χ1n) is 5.86. The second-order valence-corrected chi connectivity index (χ2v) is 4.29. The number of halogens is 1. The van der Waals surface area contributed by atoms with E-state index in [9.17, 15) is 4.79 Å². The molecule has 1 atom stereocenters. The summed E-state index contributed by atoms with van der Waals surface area (Å²) in [6.45, 7) is 1.20. The van der Waals surface area contributed by atoms with Gasteiger partial charge in [0.15, 0.2) is 12.7 Å².